The zero-order valence-electron chi connectivity index (χ0n) is 19.9. The number of guanidine groups is 1. The first kappa shape index (κ1) is 27.0. The first-order valence-corrected chi connectivity index (χ1v) is 11.2. The first-order chi connectivity index (χ1) is 15.7. The van der Waals surface area contributed by atoms with Gasteiger partial charge in [-0.3, -0.25) is 0 Å². The molecular formula is C25H36IN3O4. The molecule has 0 saturated carbocycles. The number of rotatable bonds is 9. The second-order valence-electron chi connectivity index (χ2n) is 7.71. The van der Waals surface area contributed by atoms with E-state index in [0.29, 0.717) is 29.7 Å². The quantitative estimate of drug-likeness (QED) is 0.262. The van der Waals surface area contributed by atoms with Crippen LogP contribution in [0.3, 0.4) is 0 Å². The third-order valence-electron chi connectivity index (χ3n) is 5.59. The van der Waals surface area contributed by atoms with E-state index in [-0.39, 0.29) is 30.1 Å². The molecule has 1 saturated heterocycles. The maximum atomic E-state index is 6.13. The molecule has 33 heavy (non-hydrogen) atoms. The normalized spacial score (nSPS) is 18.1. The van der Waals surface area contributed by atoms with Gasteiger partial charge in [0.25, 0.3) is 0 Å². The van der Waals surface area contributed by atoms with Crippen molar-refractivity contribution >= 4 is 29.9 Å². The lowest BCUT2D eigenvalue weighted by molar-refractivity contribution is -0.0265. The van der Waals surface area contributed by atoms with Gasteiger partial charge in [0, 0.05) is 25.6 Å². The van der Waals surface area contributed by atoms with E-state index in [4.69, 9.17) is 23.9 Å². The minimum Gasteiger partial charge on any atom is -0.493 e. The van der Waals surface area contributed by atoms with Gasteiger partial charge in [-0.25, -0.2) is 4.99 Å². The predicted octanol–water partition coefficient (Wildman–Crippen LogP) is 4.55. The van der Waals surface area contributed by atoms with E-state index in [0.717, 1.165) is 44.1 Å². The van der Waals surface area contributed by atoms with Crippen LogP contribution in [0, 0.1) is 5.92 Å². The summed E-state index contributed by atoms with van der Waals surface area (Å²) in [5, 5.41) is 6.85. The standard InChI is InChI=1S/C25H35N3O4.HI/c1-5-26-25(27-16-18-14-21(29-2)24(31-4)22(15-18)30-3)28-17-20-12-9-13-32-23(20)19-10-7-6-8-11-19;/h6-8,10-11,14-15,20,23H,5,9,12-13,16-17H2,1-4H3,(H2,26,27,28);1H. The Morgan fingerprint density at radius 3 is 2.33 bits per heavy atom. The Balaban J connectivity index is 0.00000385. The fourth-order valence-corrected chi connectivity index (χ4v) is 4.03. The van der Waals surface area contributed by atoms with Crippen molar-refractivity contribution in [3.05, 3.63) is 53.6 Å². The molecule has 0 amide bonds. The second-order valence-corrected chi connectivity index (χ2v) is 7.71. The molecule has 1 fully saturated rings. The first-order valence-electron chi connectivity index (χ1n) is 11.2. The van der Waals surface area contributed by atoms with Crippen molar-refractivity contribution in [3.8, 4) is 17.2 Å². The van der Waals surface area contributed by atoms with E-state index in [1.54, 1.807) is 21.3 Å². The van der Waals surface area contributed by atoms with Crippen molar-refractivity contribution in [1.29, 1.82) is 0 Å². The summed E-state index contributed by atoms with van der Waals surface area (Å²) in [6.07, 6.45) is 2.31. The summed E-state index contributed by atoms with van der Waals surface area (Å²) in [5.74, 6) is 2.99. The van der Waals surface area contributed by atoms with Crippen molar-refractivity contribution in [1.82, 2.24) is 10.6 Å². The van der Waals surface area contributed by atoms with Crippen LogP contribution in [0.1, 0.15) is 37.0 Å². The molecule has 0 aliphatic carbocycles. The molecule has 0 aromatic heterocycles. The van der Waals surface area contributed by atoms with Crippen LogP contribution in [0.15, 0.2) is 47.5 Å². The molecule has 2 aromatic rings. The molecule has 2 N–H and O–H groups in total. The van der Waals surface area contributed by atoms with Gasteiger partial charge < -0.3 is 29.6 Å². The summed E-state index contributed by atoms with van der Waals surface area (Å²) in [7, 11) is 4.83. The van der Waals surface area contributed by atoms with Gasteiger partial charge in [0.1, 0.15) is 0 Å². The highest BCUT2D eigenvalue weighted by molar-refractivity contribution is 14.0. The third-order valence-corrected chi connectivity index (χ3v) is 5.59. The Morgan fingerprint density at radius 2 is 1.73 bits per heavy atom. The molecule has 7 nitrogen and oxygen atoms in total. The van der Waals surface area contributed by atoms with Crippen LogP contribution in [0.25, 0.3) is 0 Å². The predicted molar refractivity (Wildman–Crippen MR) is 142 cm³/mol. The monoisotopic (exact) mass is 569 g/mol. The number of aliphatic imine (C=N–C) groups is 1. The zero-order chi connectivity index (χ0) is 22.8. The molecule has 2 unspecified atom stereocenters. The average Bonchev–Trinajstić information content (AvgIpc) is 2.85. The number of methoxy groups -OCH3 is 3. The van der Waals surface area contributed by atoms with Crippen LogP contribution in [0.2, 0.25) is 0 Å². The van der Waals surface area contributed by atoms with E-state index >= 15 is 0 Å². The van der Waals surface area contributed by atoms with Gasteiger partial charge in [0.15, 0.2) is 17.5 Å². The number of benzene rings is 2. The molecule has 182 valence electrons. The molecule has 0 spiro atoms. The van der Waals surface area contributed by atoms with Crippen LogP contribution >= 0.6 is 24.0 Å². The van der Waals surface area contributed by atoms with Crippen LogP contribution < -0.4 is 24.8 Å². The Kier molecular flexibility index (Phi) is 11.6. The molecule has 8 heteroatoms. The van der Waals surface area contributed by atoms with E-state index in [2.05, 4.69) is 41.8 Å². The van der Waals surface area contributed by atoms with Crippen molar-refractivity contribution < 1.29 is 18.9 Å². The fourth-order valence-electron chi connectivity index (χ4n) is 4.03. The summed E-state index contributed by atoms with van der Waals surface area (Å²) < 4.78 is 22.4. The van der Waals surface area contributed by atoms with E-state index in [1.807, 2.05) is 18.2 Å². The number of ether oxygens (including phenoxy) is 4. The summed E-state index contributed by atoms with van der Waals surface area (Å²) in [6.45, 7) is 4.93. The van der Waals surface area contributed by atoms with E-state index < -0.39 is 0 Å². The maximum absolute atomic E-state index is 6.13. The molecule has 1 aliphatic heterocycles. The lowest BCUT2D eigenvalue weighted by Gasteiger charge is -2.32. The van der Waals surface area contributed by atoms with Gasteiger partial charge in [-0.05, 0) is 43.0 Å². The number of nitrogens with zero attached hydrogens (tertiary/aromatic N) is 1. The lowest BCUT2D eigenvalue weighted by Crippen LogP contribution is -2.42. The molecule has 3 rings (SSSR count). The molecular weight excluding hydrogens is 533 g/mol. The van der Waals surface area contributed by atoms with Gasteiger partial charge in [-0.15, -0.1) is 24.0 Å². The highest BCUT2D eigenvalue weighted by Gasteiger charge is 2.27. The van der Waals surface area contributed by atoms with Crippen molar-refractivity contribution in [2.45, 2.75) is 32.4 Å². The van der Waals surface area contributed by atoms with Gasteiger partial charge in [-0.1, -0.05) is 30.3 Å². The third kappa shape index (κ3) is 7.40. The number of halogens is 1. The van der Waals surface area contributed by atoms with Gasteiger partial charge >= 0.3 is 0 Å². The highest BCUT2D eigenvalue weighted by atomic mass is 127. The summed E-state index contributed by atoms with van der Waals surface area (Å²) in [5.41, 5.74) is 2.21. The highest BCUT2D eigenvalue weighted by Crippen LogP contribution is 2.38. The van der Waals surface area contributed by atoms with E-state index in [9.17, 15) is 0 Å². The Hall–Kier alpha value is -2.20. The summed E-state index contributed by atoms with van der Waals surface area (Å²) >= 11 is 0. The smallest absolute Gasteiger partial charge is 0.203 e. The average molecular weight is 569 g/mol. The van der Waals surface area contributed by atoms with Crippen LogP contribution in [0.4, 0.5) is 0 Å². The molecule has 2 atom stereocenters. The van der Waals surface area contributed by atoms with Crippen LogP contribution in [0.5, 0.6) is 17.2 Å². The van der Waals surface area contributed by atoms with Gasteiger partial charge in [0.2, 0.25) is 5.75 Å². The summed E-state index contributed by atoms with van der Waals surface area (Å²) in [4.78, 5) is 4.77. The number of nitrogens with one attached hydrogen (secondary N) is 2. The van der Waals surface area contributed by atoms with Crippen LogP contribution in [-0.4, -0.2) is 47.0 Å². The molecule has 1 heterocycles. The minimum absolute atomic E-state index is 0. The van der Waals surface area contributed by atoms with E-state index in [1.165, 1.54) is 5.56 Å². The van der Waals surface area contributed by atoms with Crippen LogP contribution in [-0.2, 0) is 11.3 Å². The van der Waals surface area contributed by atoms with Crippen molar-refractivity contribution in [3.63, 3.8) is 0 Å². The Bertz CT molecular complexity index is 854. The molecule has 1 aliphatic rings. The van der Waals surface area contributed by atoms with Crippen molar-refractivity contribution in [2.75, 3.05) is 41.0 Å². The lowest BCUT2D eigenvalue weighted by atomic mass is 9.89. The van der Waals surface area contributed by atoms with Gasteiger partial charge in [0.05, 0.1) is 34.0 Å². The molecule has 0 radical (unpaired) electrons. The molecule has 2 aromatic carbocycles. The minimum atomic E-state index is 0. The topological polar surface area (TPSA) is 73.3 Å². The summed E-state index contributed by atoms with van der Waals surface area (Å²) in [6, 6.07) is 14.3. The number of hydrogen-bond donors (Lipinski definition) is 2. The zero-order valence-corrected chi connectivity index (χ0v) is 22.3. The Labute approximate surface area is 214 Å². The largest absolute Gasteiger partial charge is 0.493 e. The Morgan fingerprint density at radius 1 is 1.03 bits per heavy atom. The number of hydrogen-bond acceptors (Lipinski definition) is 5. The SMILES string of the molecule is CCNC(=NCc1cc(OC)c(OC)c(OC)c1)NCC1CCCOC1c1ccccc1.I. The maximum Gasteiger partial charge on any atom is 0.203 e. The molecule has 0 bridgehead atoms. The fraction of sp³-hybridized carbons (Fsp3) is 0.480. The van der Waals surface area contributed by atoms with Gasteiger partial charge in [-0.2, -0.15) is 0 Å². The van der Waals surface area contributed by atoms with Crippen molar-refractivity contribution in [2.24, 2.45) is 10.9 Å². The second kappa shape index (κ2) is 14.1.